The van der Waals surface area contributed by atoms with E-state index in [2.05, 4.69) is 13.8 Å². The number of ketones is 1. The monoisotopic (exact) mass is 451 g/mol. The molecule has 1 rings (SSSR count). The molecule has 7 heteroatoms. The maximum atomic E-state index is 12.6. The minimum absolute atomic E-state index is 0.0268. The van der Waals surface area contributed by atoms with Crippen molar-refractivity contribution in [3.8, 4) is 11.5 Å². The summed E-state index contributed by atoms with van der Waals surface area (Å²) in [6.45, 7) is 9.01. The molecular formula is C25H41NO6. The van der Waals surface area contributed by atoms with Crippen molar-refractivity contribution in [2.45, 2.75) is 59.4 Å². The van der Waals surface area contributed by atoms with Crippen LogP contribution in [-0.2, 0) is 20.7 Å². The molecule has 0 heterocycles. The molecular weight excluding hydrogens is 410 g/mol. The first-order valence-corrected chi connectivity index (χ1v) is 11.4. The fraction of sp³-hybridized carbons (Fsp3) is 0.680. The highest BCUT2D eigenvalue weighted by Gasteiger charge is 2.29. The Labute approximate surface area is 192 Å². The quantitative estimate of drug-likeness (QED) is 0.366. The van der Waals surface area contributed by atoms with Crippen LogP contribution in [0.25, 0.3) is 0 Å². The molecule has 7 nitrogen and oxygen atoms in total. The zero-order chi connectivity index (χ0) is 24.3. The van der Waals surface area contributed by atoms with Crippen LogP contribution in [0, 0.1) is 23.7 Å². The lowest BCUT2D eigenvalue weighted by molar-refractivity contribution is -0.145. The molecule has 0 unspecified atom stereocenters. The van der Waals surface area contributed by atoms with Crippen LogP contribution in [0.5, 0.6) is 11.5 Å². The number of methoxy groups -OCH3 is 2. The summed E-state index contributed by atoms with van der Waals surface area (Å²) in [6, 6.07) is 5.20. The first-order valence-electron chi connectivity index (χ1n) is 11.4. The Morgan fingerprint density at radius 1 is 1.03 bits per heavy atom. The third-order valence-corrected chi connectivity index (χ3v) is 5.93. The first-order chi connectivity index (χ1) is 15.1. The maximum Gasteiger partial charge on any atom is 0.307 e. The average Bonchev–Trinajstić information content (AvgIpc) is 2.73. The van der Waals surface area contributed by atoms with E-state index in [1.54, 1.807) is 14.2 Å². The van der Waals surface area contributed by atoms with E-state index in [0.29, 0.717) is 37.1 Å². The number of Topliss-reactive ketones (excluding diaryl/α,β-unsaturated/α-hetero) is 1. The van der Waals surface area contributed by atoms with Crippen molar-refractivity contribution < 1.29 is 28.9 Å². The van der Waals surface area contributed by atoms with Crippen molar-refractivity contribution in [1.29, 1.82) is 0 Å². The predicted octanol–water partition coefficient (Wildman–Crippen LogP) is 3.96. The molecule has 3 atom stereocenters. The van der Waals surface area contributed by atoms with Gasteiger partial charge in [-0.3, -0.25) is 9.59 Å². The SMILES string of the molecule is COCCCOc1cc(C[C@@H](C[C@H](N)C(=O)C[C@H](C(=O)O)C(C)C)C(C)C)ccc1OC. The zero-order valence-corrected chi connectivity index (χ0v) is 20.4. The number of carbonyl (C=O) groups is 2. The summed E-state index contributed by atoms with van der Waals surface area (Å²) in [5.74, 6) is -0.117. The van der Waals surface area contributed by atoms with E-state index in [4.69, 9.17) is 19.9 Å². The van der Waals surface area contributed by atoms with Gasteiger partial charge < -0.3 is 25.1 Å². The zero-order valence-electron chi connectivity index (χ0n) is 20.4. The second-order valence-electron chi connectivity index (χ2n) is 9.09. The van der Waals surface area contributed by atoms with Crippen LogP contribution in [0.1, 0.15) is 52.5 Å². The third-order valence-electron chi connectivity index (χ3n) is 5.93. The summed E-state index contributed by atoms with van der Waals surface area (Å²) in [7, 11) is 3.27. The molecule has 0 amide bonds. The molecule has 0 saturated carbocycles. The number of carboxylic acids is 1. The Kier molecular flexibility index (Phi) is 12.3. The number of hydrogen-bond donors (Lipinski definition) is 2. The Morgan fingerprint density at radius 2 is 1.72 bits per heavy atom. The number of carbonyl (C=O) groups excluding carboxylic acids is 1. The molecule has 0 aliphatic rings. The molecule has 32 heavy (non-hydrogen) atoms. The van der Waals surface area contributed by atoms with Crippen LogP contribution < -0.4 is 15.2 Å². The van der Waals surface area contributed by atoms with Gasteiger partial charge in [0.25, 0.3) is 0 Å². The van der Waals surface area contributed by atoms with Crippen LogP contribution in [-0.4, -0.2) is 50.3 Å². The van der Waals surface area contributed by atoms with Gasteiger partial charge in [0.15, 0.2) is 11.5 Å². The number of carboxylic acid groups (broad SMARTS) is 1. The molecule has 0 saturated heterocycles. The number of aliphatic carboxylic acids is 1. The summed E-state index contributed by atoms with van der Waals surface area (Å²) in [5.41, 5.74) is 7.31. The predicted molar refractivity (Wildman–Crippen MR) is 125 cm³/mol. The fourth-order valence-electron chi connectivity index (χ4n) is 3.67. The molecule has 3 N–H and O–H groups in total. The van der Waals surface area contributed by atoms with E-state index < -0.39 is 17.9 Å². The number of ether oxygens (including phenoxy) is 3. The van der Waals surface area contributed by atoms with Crippen molar-refractivity contribution in [1.82, 2.24) is 0 Å². The Balaban J connectivity index is 2.85. The van der Waals surface area contributed by atoms with Gasteiger partial charge >= 0.3 is 5.97 Å². The molecule has 0 bridgehead atoms. The van der Waals surface area contributed by atoms with Gasteiger partial charge in [0.1, 0.15) is 5.78 Å². The van der Waals surface area contributed by atoms with E-state index in [1.165, 1.54) is 0 Å². The lowest BCUT2D eigenvalue weighted by atomic mass is 9.81. The average molecular weight is 452 g/mol. The van der Waals surface area contributed by atoms with E-state index in [1.807, 2.05) is 32.0 Å². The van der Waals surface area contributed by atoms with Crippen LogP contribution in [0.4, 0.5) is 0 Å². The molecule has 0 radical (unpaired) electrons. The lowest BCUT2D eigenvalue weighted by Gasteiger charge is -2.25. The van der Waals surface area contributed by atoms with E-state index in [-0.39, 0.29) is 24.0 Å². The second kappa shape index (κ2) is 14.1. The summed E-state index contributed by atoms with van der Waals surface area (Å²) >= 11 is 0. The van der Waals surface area contributed by atoms with E-state index in [9.17, 15) is 14.7 Å². The first kappa shape index (κ1) is 27.9. The number of nitrogens with two attached hydrogens (primary N) is 1. The number of hydrogen-bond acceptors (Lipinski definition) is 6. The van der Waals surface area contributed by atoms with Crippen LogP contribution in [0.2, 0.25) is 0 Å². The summed E-state index contributed by atoms with van der Waals surface area (Å²) in [6.07, 6.45) is 2.00. The van der Waals surface area contributed by atoms with Crippen molar-refractivity contribution in [2.75, 3.05) is 27.4 Å². The number of benzene rings is 1. The molecule has 0 fully saturated rings. The van der Waals surface area contributed by atoms with Gasteiger partial charge in [-0.05, 0) is 48.3 Å². The van der Waals surface area contributed by atoms with Gasteiger partial charge in [0.2, 0.25) is 0 Å². The summed E-state index contributed by atoms with van der Waals surface area (Å²) < 4.78 is 16.4. The van der Waals surface area contributed by atoms with Crippen molar-refractivity contribution in [3.63, 3.8) is 0 Å². The van der Waals surface area contributed by atoms with Crippen LogP contribution in [0.3, 0.4) is 0 Å². The van der Waals surface area contributed by atoms with Gasteiger partial charge in [-0.15, -0.1) is 0 Å². The largest absolute Gasteiger partial charge is 0.493 e. The Hall–Kier alpha value is -2.12. The number of rotatable bonds is 16. The van der Waals surface area contributed by atoms with E-state index in [0.717, 1.165) is 18.4 Å². The van der Waals surface area contributed by atoms with Crippen LogP contribution >= 0.6 is 0 Å². The minimum atomic E-state index is -0.947. The van der Waals surface area contributed by atoms with Gasteiger partial charge in [0.05, 0.1) is 25.7 Å². The van der Waals surface area contributed by atoms with Gasteiger partial charge in [-0.1, -0.05) is 33.8 Å². The fourth-order valence-corrected chi connectivity index (χ4v) is 3.67. The van der Waals surface area contributed by atoms with Crippen molar-refractivity contribution in [3.05, 3.63) is 23.8 Å². The molecule has 0 aromatic heterocycles. The van der Waals surface area contributed by atoms with Crippen molar-refractivity contribution >= 4 is 11.8 Å². The van der Waals surface area contributed by atoms with E-state index >= 15 is 0 Å². The molecule has 0 spiro atoms. The summed E-state index contributed by atoms with van der Waals surface area (Å²) in [4.78, 5) is 24.1. The van der Waals surface area contributed by atoms with Gasteiger partial charge in [-0.2, -0.15) is 0 Å². The maximum absolute atomic E-state index is 12.6. The molecule has 182 valence electrons. The smallest absolute Gasteiger partial charge is 0.307 e. The highest BCUT2D eigenvalue weighted by molar-refractivity contribution is 5.87. The topological polar surface area (TPSA) is 108 Å². The standard InChI is InChI=1S/C25H41NO6/c1-16(2)19(14-21(26)22(27)15-20(17(3)4)25(28)29)12-18-8-9-23(31-6)24(13-18)32-11-7-10-30-5/h8-9,13,16-17,19-21H,7,10-12,14-15,26H2,1-6H3,(H,28,29)/t19-,20-,21-/m0/s1. The van der Waals surface area contributed by atoms with Gasteiger partial charge in [0, 0.05) is 26.6 Å². The third kappa shape index (κ3) is 9.17. The molecule has 1 aromatic rings. The minimum Gasteiger partial charge on any atom is -0.493 e. The molecule has 0 aliphatic carbocycles. The highest BCUT2D eigenvalue weighted by Crippen LogP contribution is 2.31. The van der Waals surface area contributed by atoms with Crippen molar-refractivity contribution in [2.24, 2.45) is 29.4 Å². The molecule has 1 aromatic carbocycles. The van der Waals surface area contributed by atoms with Crippen LogP contribution in [0.15, 0.2) is 18.2 Å². The summed E-state index contributed by atoms with van der Waals surface area (Å²) in [5, 5.41) is 9.38. The molecule has 0 aliphatic heterocycles. The Bertz CT molecular complexity index is 718. The van der Waals surface area contributed by atoms with Gasteiger partial charge in [-0.25, -0.2) is 0 Å². The second-order valence-corrected chi connectivity index (χ2v) is 9.09. The Morgan fingerprint density at radius 3 is 2.25 bits per heavy atom. The highest BCUT2D eigenvalue weighted by atomic mass is 16.5. The lowest BCUT2D eigenvalue weighted by Crippen LogP contribution is -2.37. The normalized spacial score (nSPS) is 14.3.